The quantitative estimate of drug-likeness (QED) is 0.782. The predicted molar refractivity (Wildman–Crippen MR) is 61.1 cm³/mol. The van der Waals surface area contributed by atoms with Gasteiger partial charge >= 0.3 is 0 Å². The van der Waals surface area contributed by atoms with E-state index >= 15 is 0 Å². The molecule has 2 heterocycles. The summed E-state index contributed by atoms with van der Waals surface area (Å²) in [5.74, 6) is 0.619. The predicted octanol–water partition coefficient (Wildman–Crippen LogP) is 0.481. The fourth-order valence-electron chi connectivity index (χ4n) is 2.14. The lowest BCUT2D eigenvalue weighted by Gasteiger charge is -2.27. The van der Waals surface area contributed by atoms with E-state index in [1.165, 1.54) is 12.8 Å². The lowest BCUT2D eigenvalue weighted by molar-refractivity contribution is 0.0765. The highest BCUT2D eigenvalue weighted by Gasteiger charge is 2.19. The van der Waals surface area contributed by atoms with Gasteiger partial charge in [0.2, 0.25) is 0 Å². The number of hydrogen-bond acceptors (Lipinski definition) is 3. The SMILES string of the molecule is CN(CC1CCCNC1)C(=O)c1cn[nH]c1. The highest BCUT2D eigenvalue weighted by atomic mass is 16.2. The minimum Gasteiger partial charge on any atom is -0.341 e. The largest absolute Gasteiger partial charge is 0.341 e. The topological polar surface area (TPSA) is 61.0 Å². The molecule has 1 saturated heterocycles. The molecule has 2 rings (SSSR count). The molecule has 5 nitrogen and oxygen atoms in total. The second kappa shape index (κ2) is 5.12. The van der Waals surface area contributed by atoms with Crippen molar-refractivity contribution < 1.29 is 4.79 Å². The molecule has 0 saturated carbocycles. The molecule has 0 bridgehead atoms. The first-order valence-corrected chi connectivity index (χ1v) is 5.72. The summed E-state index contributed by atoms with van der Waals surface area (Å²) in [4.78, 5) is 13.7. The average molecular weight is 222 g/mol. The molecule has 1 unspecified atom stereocenters. The molecule has 5 heteroatoms. The van der Waals surface area contributed by atoms with Crippen LogP contribution in [0, 0.1) is 5.92 Å². The Morgan fingerprint density at radius 2 is 2.56 bits per heavy atom. The first-order valence-electron chi connectivity index (χ1n) is 5.72. The number of hydrogen-bond donors (Lipinski definition) is 2. The van der Waals surface area contributed by atoms with Crippen molar-refractivity contribution in [3.05, 3.63) is 18.0 Å². The summed E-state index contributed by atoms with van der Waals surface area (Å²) < 4.78 is 0. The van der Waals surface area contributed by atoms with Gasteiger partial charge in [0, 0.05) is 19.8 Å². The summed E-state index contributed by atoms with van der Waals surface area (Å²) >= 11 is 0. The van der Waals surface area contributed by atoms with Gasteiger partial charge in [-0.3, -0.25) is 9.89 Å². The molecule has 0 radical (unpaired) electrons. The summed E-state index contributed by atoms with van der Waals surface area (Å²) in [5.41, 5.74) is 0.631. The molecule has 16 heavy (non-hydrogen) atoms. The standard InChI is InChI=1S/C11H18N4O/c1-15(8-9-3-2-4-12-5-9)11(16)10-6-13-14-7-10/h6-7,9,12H,2-5,8H2,1H3,(H,13,14). The first kappa shape index (κ1) is 11.1. The Kier molecular flexibility index (Phi) is 3.56. The van der Waals surface area contributed by atoms with E-state index in [1.54, 1.807) is 17.3 Å². The first-order chi connectivity index (χ1) is 7.77. The third kappa shape index (κ3) is 2.61. The van der Waals surface area contributed by atoms with Crippen LogP contribution in [0.15, 0.2) is 12.4 Å². The van der Waals surface area contributed by atoms with E-state index in [4.69, 9.17) is 0 Å². The van der Waals surface area contributed by atoms with Gasteiger partial charge in [-0.1, -0.05) is 0 Å². The molecule has 1 amide bonds. The molecular formula is C11H18N4O. The molecule has 2 N–H and O–H groups in total. The average Bonchev–Trinajstić information content (AvgIpc) is 2.83. The van der Waals surface area contributed by atoms with E-state index in [1.807, 2.05) is 7.05 Å². The minimum atomic E-state index is 0.0410. The van der Waals surface area contributed by atoms with Crippen LogP contribution in [0.25, 0.3) is 0 Å². The van der Waals surface area contributed by atoms with Crippen molar-refractivity contribution >= 4 is 5.91 Å². The molecule has 1 fully saturated rings. The van der Waals surface area contributed by atoms with Crippen LogP contribution in [-0.2, 0) is 0 Å². The number of piperidine rings is 1. The second-order valence-electron chi connectivity index (χ2n) is 4.39. The van der Waals surface area contributed by atoms with Crippen LogP contribution in [0.3, 0.4) is 0 Å². The Labute approximate surface area is 95.2 Å². The van der Waals surface area contributed by atoms with Crippen LogP contribution in [0.5, 0.6) is 0 Å². The third-order valence-electron chi connectivity index (χ3n) is 3.02. The van der Waals surface area contributed by atoms with Crippen LogP contribution < -0.4 is 5.32 Å². The number of H-pyrrole nitrogens is 1. The van der Waals surface area contributed by atoms with Gasteiger partial charge in [-0.2, -0.15) is 5.10 Å². The fourth-order valence-corrected chi connectivity index (χ4v) is 2.14. The summed E-state index contributed by atoms with van der Waals surface area (Å²) in [7, 11) is 1.85. The number of aromatic nitrogens is 2. The van der Waals surface area contributed by atoms with E-state index < -0.39 is 0 Å². The van der Waals surface area contributed by atoms with Crippen LogP contribution in [-0.4, -0.2) is 47.7 Å². The fraction of sp³-hybridized carbons (Fsp3) is 0.636. The highest BCUT2D eigenvalue weighted by Crippen LogP contribution is 2.12. The molecule has 1 aliphatic heterocycles. The maximum absolute atomic E-state index is 11.9. The molecule has 1 atom stereocenters. The summed E-state index contributed by atoms with van der Waals surface area (Å²) in [6, 6.07) is 0. The number of carbonyl (C=O) groups excluding carboxylic acids is 1. The molecule has 0 spiro atoms. The van der Waals surface area contributed by atoms with E-state index in [0.29, 0.717) is 11.5 Å². The molecule has 1 aliphatic rings. The summed E-state index contributed by atoms with van der Waals surface area (Å²) in [6.07, 6.45) is 5.62. The van der Waals surface area contributed by atoms with Gasteiger partial charge in [-0.05, 0) is 31.8 Å². The highest BCUT2D eigenvalue weighted by molar-refractivity contribution is 5.93. The minimum absolute atomic E-state index is 0.0410. The molecule has 1 aromatic heterocycles. The molecule has 0 aromatic carbocycles. The molecule has 88 valence electrons. The van der Waals surface area contributed by atoms with E-state index in [2.05, 4.69) is 15.5 Å². The Morgan fingerprint density at radius 1 is 1.69 bits per heavy atom. The molecular weight excluding hydrogens is 204 g/mol. The number of rotatable bonds is 3. The Balaban J connectivity index is 1.87. The Hall–Kier alpha value is -1.36. The van der Waals surface area contributed by atoms with Crippen LogP contribution >= 0.6 is 0 Å². The maximum Gasteiger partial charge on any atom is 0.256 e. The van der Waals surface area contributed by atoms with Gasteiger partial charge in [-0.25, -0.2) is 0 Å². The van der Waals surface area contributed by atoms with Gasteiger partial charge in [0.15, 0.2) is 0 Å². The van der Waals surface area contributed by atoms with Gasteiger partial charge in [0.25, 0.3) is 5.91 Å². The normalized spacial score (nSPS) is 20.7. The number of aromatic amines is 1. The molecule has 0 aliphatic carbocycles. The Morgan fingerprint density at radius 3 is 3.19 bits per heavy atom. The van der Waals surface area contributed by atoms with Gasteiger partial charge < -0.3 is 10.2 Å². The van der Waals surface area contributed by atoms with Gasteiger partial charge in [0.05, 0.1) is 11.8 Å². The number of nitrogens with zero attached hydrogens (tertiary/aromatic N) is 2. The monoisotopic (exact) mass is 222 g/mol. The van der Waals surface area contributed by atoms with Crippen molar-refractivity contribution in [1.29, 1.82) is 0 Å². The van der Waals surface area contributed by atoms with Crippen molar-refractivity contribution in [2.75, 3.05) is 26.7 Å². The van der Waals surface area contributed by atoms with Crippen LogP contribution in [0.1, 0.15) is 23.2 Å². The number of carbonyl (C=O) groups is 1. The summed E-state index contributed by atoms with van der Waals surface area (Å²) in [6.45, 7) is 2.94. The number of nitrogens with one attached hydrogen (secondary N) is 2. The van der Waals surface area contributed by atoms with Crippen molar-refractivity contribution in [1.82, 2.24) is 20.4 Å². The van der Waals surface area contributed by atoms with Gasteiger partial charge in [-0.15, -0.1) is 0 Å². The second-order valence-corrected chi connectivity index (χ2v) is 4.39. The lowest BCUT2D eigenvalue weighted by atomic mass is 9.99. The van der Waals surface area contributed by atoms with E-state index in [-0.39, 0.29) is 5.91 Å². The lowest BCUT2D eigenvalue weighted by Crippen LogP contribution is -2.39. The molecule has 1 aromatic rings. The van der Waals surface area contributed by atoms with Crippen LogP contribution in [0.4, 0.5) is 0 Å². The summed E-state index contributed by atoms with van der Waals surface area (Å²) in [5, 5.41) is 9.80. The van der Waals surface area contributed by atoms with E-state index in [9.17, 15) is 4.79 Å². The van der Waals surface area contributed by atoms with Crippen molar-refractivity contribution in [2.45, 2.75) is 12.8 Å². The zero-order chi connectivity index (χ0) is 11.4. The van der Waals surface area contributed by atoms with E-state index in [0.717, 1.165) is 19.6 Å². The maximum atomic E-state index is 11.9. The van der Waals surface area contributed by atoms with Crippen LogP contribution in [0.2, 0.25) is 0 Å². The number of amides is 1. The van der Waals surface area contributed by atoms with Crippen molar-refractivity contribution in [2.24, 2.45) is 5.92 Å². The van der Waals surface area contributed by atoms with Crippen molar-refractivity contribution in [3.63, 3.8) is 0 Å². The zero-order valence-electron chi connectivity index (χ0n) is 9.57. The van der Waals surface area contributed by atoms with Crippen molar-refractivity contribution in [3.8, 4) is 0 Å². The Bertz CT molecular complexity index is 330. The smallest absolute Gasteiger partial charge is 0.256 e. The third-order valence-corrected chi connectivity index (χ3v) is 3.02. The van der Waals surface area contributed by atoms with Gasteiger partial charge in [0.1, 0.15) is 0 Å². The zero-order valence-corrected chi connectivity index (χ0v) is 9.57.